The first-order valence-corrected chi connectivity index (χ1v) is 7.45. The molecule has 1 rings (SSSR count). The van der Waals surface area contributed by atoms with E-state index in [0.717, 1.165) is 13.1 Å². The van der Waals surface area contributed by atoms with Crippen LogP contribution in [0.5, 0.6) is 0 Å². The van der Waals surface area contributed by atoms with Crippen molar-refractivity contribution in [2.75, 3.05) is 19.7 Å². The molecule has 2 nitrogen and oxygen atoms in total. The van der Waals surface area contributed by atoms with Crippen molar-refractivity contribution in [3.63, 3.8) is 0 Å². The van der Waals surface area contributed by atoms with Gasteiger partial charge in [-0.1, -0.05) is 27.7 Å². The number of hydrogen-bond acceptors (Lipinski definition) is 3. The minimum absolute atomic E-state index is 0.0495. The van der Waals surface area contributed by atoms with Crippen molar-refractivity contribution >= 4 is 27.3 Å². The largest absolute Gasteiger partial charge is 0.396 e. The van der Waals surface area contributed by atoms with Gasteiger partial charge in [0.1, 0.15) is 0 Å². The number of aliphatic hydroxyl groups excluding tert-OH is 1. The third kappa shape index (κ3) is 4.70. The summed E-state index contributed by atoms with van der Waals surface area (Å²) in [5.41, 5.74) is 0.0777. The van der Waals surface area contributed by atoms with Crippen LogP contribution < -0.4 is 5.32 Å². The fourth-order valence-electron chi connectivity index (χ4n) is 1.53. The van der Waals surface area contributed by atoms with Gasteiger partial charge in [0.15, 0.2) is 0 Å². The Morgan fingerprint density at radius 1 is 1.24 bits per heavy atom. The Bertz CT molecular complexity index is 360. The molecular weight excluding hydrogens is 298 g/mol. The zero-order chi connectivity index (χ0) is 13.1. The molecule has 0 aliphatic rings. The number of thiophene rings is 1. The number of nitrogens with one attached hydrogen (secondary N) is 1. The summed E-state index contributed by atoms with van der Waals surface area (Å²) < 4.78 is 1.18. The van der Waals surface area contributed by atoms with E-state index in [4.69, 9.17) is 0 Å². The first-order chi connectivity index (χ1) is 7.77. The van der Waals surface area contributed by atoms with Gasteiger partial charge in [-0.3, -0.25) is 0 Å². The fourth-order valence-corrected chi connectivity index (χ4v) is 3.02. The van der Waals surface area contributed by atoms with Crippen molar-refractivity contribution < 1.29 is 5.11 Å². The van der Waals surface area contributed by atoms with Crippen LogP contribution in [-0.2, 0) is 5.41 Å². The van der Waals surface area contributed by atoms with E-state index in [-0.39, 0.29) is 17.4 Å². The minimum atomic E-state index is -0.0495. The molecule has 1 heterocycles. The van der Waals surface area contributed by atoms with Crippen molar-refractivity contribution in [1.29, 1.82) is 0 Å². The second-order valence-electron chi connectivity index (χ2n) is 5.91. The van der Waals surface area contributed by atoms with Gasteiger partial charge in [0, 0.05) is 35.4 Å². The predicted octanol–water partition coefficient (Wildman–Crippen LogP) is 3.40. The third-order valence-electron chi connectivity index (χ3n) is 2.84. The number of halogens is 1. The van der Waals surface area contributed by atoms with Gasteiger partial charge in [0.2, 0.25) is 0 Å². The summed E-state index contributed by atoms with van der Waals surface area (Å²) in [6.45, 7) is 10.6. The molecule has 1 aromatic rings. The van der Waals surface area contributed by atoms with Crippen molar-refractivity contribution in [2.45, 2.75) is 33.1 Å². The molecule has 0 saturated carbocycles. The fraction of sp³-hybridized carbons (Fsp3) is 0.692. The average molecular weight is 320 g/mol. The van der Waals surface area contributed by atoms with Crippen LogP contribution in [0.4, 0.5) is 0 Å². The van der Waals surface area contributed by atoms with E-state index < -0.39 is 0 Å². The lowest BCUT2D eigenvalue weighted by Gasteiger charge is -2.28. The highest BCUT2D eigenvalue weighted by Crippen LogP contribution is 2.32. The molecule has 0 atom stereocenters. The van der Waals surface area contributed by atoms with Crippen LogP contribution >= 0.6 is 27.3 Å². The SMILES string of the molecule is CC(C)(CO)CNCC(C)(C)c1ccc(Br)s1. The Hall–Kier alpha value is 0.1000. The molecule has 0 aliphatic carbocycles. The highest BCUT2D eigenvalue weighted by atomic mass is 79.9. The van der Waals surface area contributed by atoms with Crippen LogP contribution in [0.1, 0.15) is 32.6 Å². The minimum Gasteiger partial charge on any atom is -0.396 e. The standard InChI is InChI=1S/C13H22BrNOS/c1-12(2,9-16)7-15-8-13(3,4)10-5-6-11(14)17-10/h5-6,15-16H,7-9H2,1-4H3. The molecule has 0 unspecified atom stereocenters. The second-order valence-corrected chi connectivity index (χ2v) is 8.38. The van der Waals surface area contributed by atoms with Crippen LogP contribution in [0.2, 0.25) is 0 Å². The van der Waals surface area contributed by atoms with Crippen molar-refractivity contribution in [2.24, 2.45) is 5.41 Å². The maximum absolute atomic E-state index is 9.20. The summed E-state index contributed by atoms with van der Waals surface area (Å²) in [6, 6.07) is 4.27. The van der Waals surface area contributed by atoms with Gasteiger partial charge < -0.3 is 10.4 Å². The molecule has 2 N–H and O–H groups in total. The lowest BCUT2D eigenvalue weighted by molar-refractivity contribution is 0.155. The van der Waals surface area contributed by atoms with Gasteiger partial charge >= 0.3 is 0 Å². The van der Waals surface area contributed by atoms with E-state index in [1.165, 1.54) is 8.66 Å². The predicted molar refractivity (Wildman–Crippen MR) is 78.8 cm³/mol. The van der Waals surface area contributed by atoms with E-state index in [1.54, 1.807) is 11.3 Å². The number of hydrogen-bond donors (Lipinski definition) is 2. The quantitative estimate of drug-likeness (QED) is 0.842. The third-order valence-corrected chi connectivity index (χ3v) is 4.83. The smallest absolute Gasteiger partial charge is 0.0701 e. The van der Waals surface area contributed by atoms with Crippen molar-refractivity contribution in [3.8, 4) is 0 Å². The molecule has 0 bridgehead atoms. The molecule has 98 valence electrons. The maximum atomic E-state index is 9.20. The van der Waals surface area contributed by atoms with Crippen LogP contribution in [0.15, 0.2) is 15.9 Å². The Morgan fingerprint density at radius 3 is 2.35 bits per heavy atom. The van der Waals surface area contributed by atoms with E-state index in [2.05, 4.69) is 61.1 Å². The molecule has 1 aromatic heterocycles. The molecule has 0 aliphatic heterocycles. The summed E-state index contributed by atoms with van der Waals surface area (Å²) in [4.78, 5) is 1.37. The Balaban J connectivity index is 2.51. The average Bonchev–Trinajstić information content (AvgIpc) is 2.65. The van der Waals surface area contributed by atoms with Gasteiger partial charge in [0.25, 0.3) is 0 Å². The molecule has 0 radical (unpaired) electrons. The Kier molecular flexibility index (Phi) is 5.20. The summed E-state index contributed by atoms with van der Waals surface area (Å²) in [7, 11) is 0. The van der Waals surface area contributed by atoms with E-state index >= 15 is 0 Å². The lowest BCUT2D eigenvalue weighted by Crippen LogP contribution is -2.39. The van der Waals surface area contributed by atoms with E-state index in [1.807, 2.05) is 0 Å². The molecule has 17 heavy (non-hydrogen) atoms. The highest BCUT2D eigenvalue weighted by Gasteiger charge is 2.24. The van der Waals surface area contributed by atoms with E-state index in [9.17, 15) is 5.11 Å². The van der Waals surface area contributed by atoms with Crippen LogP contribution in [0.3, 0.4) is 0 Å². The van der Waals surface area contributed by atoms with Gasteiger partial charge in [-0.25, -0.2) is 0 Å². The van der Waals surface area contributed by atoms with Crippen molar-refractivity contribution in [3.05, 3.63) is 20.8 Å². The summed E-state index contributed by atoms with van der Waals surface area (Å²) in [6.07, 6.45) is 0. The van der Waals surface area contributed by atoms with Gasteiger partial charge in [-0.05, 0) is 28.1 Å². The summed E-state index contributed by atoms with van der Waals surface area (Å²) in [5.74, 6) is 0. The van der Waals surface area contributed by atoms with Crippen molar-refractivity contribution in [1.82, 2.24) is 5.32 Å². The number of rotatable bonds is 6. The summed E-state index contributed by atoms with van der Waals surface area (Å²) in [5, 5.41) is 12.7. The molecular formula is C13H22BrNOS. The topological polar surface area (TPSA) is 32.3 Å². The lowest BCUT2D eigenvalue weighted by atomic mass is 9.90. The Labute approximate surface area is 117 Å². The van der Waals surface area contributed by atoms with Crippen LogP contribution in [-0.4, -0.2) is 24.8 Å². The van der Waals surface area contributed by atoms with Gasteiger partial charge in [-0.15, -0.1) is 11.3 Å². The first-order valence-electron chi connectivity index (χ1n) is 5.84. The molecule has 0 saturated heterocycles. The maximum Gasteiger partial charge on any atom is 0.0701 e. The number of aliphatic hydroxyl groups is 1. The normalized spacial score (nSPS) is 13.1. The molecule has 0 amide bonds. The van der Waals surface area contributed by atoms with E-state index in [0.29, 0.717) is 0 Å². The summed E-state index contributed by atoms with van der Waals surface area (Å²) >= 11 is 5.29. The second kappa shape index (κ2) is 5.83. The van der Waals surface area contributed by atoms with Gasteiger partial charge in [-0.2, -0.15) is 0 Å². The van der Waals surface area contributed by atoms with Crippen LogP contribution in [0, 0.1) is 5.41 Å². The monoisotopic (exact) mass is 319 g/mol. The molecule has 0 spiro atoms. The highest BCUT2D eigenvalue weighted by molar-refractivity contribution is 9.11. The molecule has 0 aromatic carbocycles. The zero-order valence-electron chi connectivity index (χ0n) is 11.0. The molecule has 4 heteroatoms. The molecule has 0 fully saturated rings. The Morgan fingerprint density at radius 2 is 1.88 bits per heavy atom. The van der Waals surface area contributed by atoms with Crippen LogP contribution in [0.25, 0.3) is 0 Å². The first kappa shape index (κ1) is 15.2. The van der Waals surface area contributed by atoms with Gasteiger partial charge in [0.05, 0.1) is 3.79 Å². The zero-order valence-corrected chi connectivity index (χ0v) is 13.4.